The number of rotatable bonds is 5. The number of hydrogen-bond donors (Lipinski definition) is 0. The van der Waals surface area contributed by atoms with Crippen LogP contribution in [0.5, 0.6) is 0 Å². The van der Waals surface area contributed by atoms with E-state index >= 15 is 0 Å². The fourth-order valence-electron chi connectivity index (χ4n) is 3.09. The highest BCUT2D eigenvalue weighted by atomic mass is 35.5. The van der Waals surface area contributed by atoms with Crippen LogP contribution >= 0.6 is 22.9 Å². The summed E-state index contributed by atoms with van der Waals surface area (Å²) < 4.78 is 8.38. The quantitative estimate of drug-likeness (QED) is 0.342. The number of aromatic nitrogens is 1. The molecule has 2 heterocycles. The monoisotopic (exact) mass is 410 g/mol. The molecule has 0 unspecified atom stereocenters. The van der Waals surface area contributed by atoms with Gasteiger partial charge >= 0.3 is 0 Å². The van der Waals surface area contributed by atoms with Crippen molar-refractivity contribution in [3.63, 3.8) is 0 Å². The van der Waals surface area contributed by atoms with Gasteiger partial charge in [-0.25, -0.2) is 4.99 Å². The Morgan fingerprint density at radius 3 is 2.71 bits per heavy atom. The normalized spacial score (nSPS) is 12.4. The molecule has 0 aliphatic rings. The van der Waals surface area contributed by atoms with Gasteiger partial charge < -0.3 is 8.98 Å². The molecule has 2 aromatic heterocycles. The second-order valence-electron chi connectivity index (χ2n) is 7.43. The Labute approximate surface area is 173 Å². The first-order chi connectivity index (χ1) is 13.5. The maximum absolute atomic E-state index is 6.29. The molecular weight excluding hydrogens is 388 g/mol. The molecule has 0 N–H and O–H groups in total. The lowest BCUT2D eigenvalue weighted by Gasteiger charge is -2.09. The Balaban J connectivity index is 1.82. The first-order valence-electron chi connectivity index (χ1n) is 9.49. The largest absolute Gasteiger partial charge is 0.454 e. The van der Waals surface area contributed by atoms with Gasteiger partial charge in [-0.2, -0.15) is 0 Å². The molecule has 0 aliphatic heterocycles. The van der Waals surface area contributed by atoms with Crippen molar-refractivity contribution in [1.82, 2.24) is 4.57 Å². The standard InChI is InChI=1S/C23H23ClN2OS/c1-15(2)10-11-26-20(22-12-17-6-4-5-7-21(17)27-22)14-28-23(26)25-18-9-8-16(3)19(24)13-18/h4-9,12-15H,10-11H2,1-3H3. The number of halogens is 1. The first kappa shape index (κ1) is 19.0. The Kier molecular flexibility index (Phi) is 5.42. The maximum atomic E-state index is 6.29. The van der Waals surface area contributed by atoms with Crippen molar-refractivity contribution in [2.75, 3.05) is 0 Å². The number of fused-ring (bicyclic) bond motifs is 1. The zero-order chi connectivity index (χ0) is 19.7. The number of thiazole rings is 1. The number of benzene rings is 2. The van der Waals surface area contributed by atoms with E-state index in [1.807, 2.05) is 43.3 Å². The van der Waals surface area contributed by atoms with Gasteiger partial charge in [0.1, 0.15) is 5.58 Å². The summed E-state index contributed by atoms with van der Waals surface area (Å²) in [6.07, 6.45) is 1.08. The molecule has 0 saturated carbocycles. The maximum Gasteiger partial charge on any atom is 0.190 e. The molecular formula is C23H23ClN2OS. The van der Waals surface area contributed by atoms with Crippen LogP contribution in [0.4, 0.5) is 5.69 Å². The molecule has 4 aromatic rings. The summed E-state index contributed by atoms with van der Waals surface area (Å²) in [5.41, 5.74) is 3.90. The highest BCUT2D eigenvalue weighted by molar-refractivity contribution is 7.07. The van der Waals surface area contributed by atoms with Crippen molar-refractivity contribution in [1.29, 1.82) is 0 Å². The number of hydrogen-bond acceptors (Lipinski definition) is 3. The highest BCUT2D eigenvalue weighted by Crippen LogP contribution is 2.29. The second kappa shape index (κ2) is 7.98. The molecule has 0 saturated heterocycles. The third kappa shape index (κ3) is 3.94. The molecule has 0 bridgehead atoms. The number of nitrogens with zero attached hydrogens (tertiary/aromatic N) is 2. The van der Waals surface area contributed by atoms with E-state index in [-0.39, 0.29) is 0 Å². The summed E-state index contributed by atoms with van der Waals surface area (Å²) in [6, 6.07) is 16.2. The minimum absolute atomic E-state index is 0.609. The van der Waals surface area contributed by atoms with E-state index in [2.05, 4.69) is 35.9 Å². The fraction of sp³-hybridized carbons (Fsp3) is 0.261. The van der Waals surface area contributed by atoms with Crippen LogP contribution in [0.2, 0.25) is 5.02 Å². The lowest BCUT2D eigenvalue weighted by molar-refractivity contribution is 0.508. The van der Waals surface area contributed by atoms with Crippen LogP contribution in [0.25, 0.3) is 22.4 Å². The van der Waals surface area contributed by atoms with Crippen molar-refractivity contribution in [3.8, 4) is 11.5 Å². The number of aryl methyl sites for hydroxylation is 1. The molecule has 3 nitrogen and oxygen atoms in total. The molecule has 0 fully saturated rings. The van der Waals surface area contributed by atoms with Crippen LogP contribution in [0.1, 0.15) is 25.8 Å². The van der Waals surface area contributed by atoms with Crippen LogP contribution in [0.3, 0.4) is 0 Å². The topological polar surface area (TPSA) is 30.4 Å². The Bertz CT molecular complexity index is 1150. The van der Waals surface area contributed by atoms with Gasteiger partial charge in [-0.1, -0.05) is 49.7 Å². The van der Waals surface area contributed by atoms with Gasteiger partial charge in [-0.15, -0.1) is 11.3 Å². The molecule has 28 heavy (non-hydrogen) atoms. The number of furan rings is 1. The third-order valence-corrected chi connectivity index (χ3v) is 6.06. The zero-order valence-corrected chi connectivity index (χ0v) is 17.8. The van der Waals surface area contributed by atoms with E-state index in [4.69, 9.17) is 21.0 Å². The minimum Gasteiger partial charge on any atom is -0.454 e. The minimum atomic E-state index is 0.609. The fourth-order valence-corrected chi connectivity index (χ4v) is 4.20. The average Bonchev–Trinajstić information content (AvgIpc) is 3.26. The van der Waals surface area contributed by atoms with Crippen molar-refractivity contribution in [2.45, 2.75) is 33.7 Å². The van der Waals surface area contributed by atoms with Crippen LogP contribution in [-0.4, -0.2) is 4.57 Å². The Hall–Kier alpha value is -2.30. The molecule has 5 heteroatoms. The molecule has 144 valence electrons. The van der Waals surface area contributed by atoms with Gasteiger partial charge in [0.15, 0.2) is 10.6 Å². The zero-order valence-electron chi connectivity index (χ0n) is 16.3. The lowest BCUT2D eigenvalue weighted by Crippen LogP contribution is -2.17. The molecule has 2 aromatic carbocycles. The second-order valence-corrected chi connectivity index (χ2v) is 8.68. The van der Waals surface area contributed by atoms with E-state index < -0.39 is 0 Å². The average molecular weight is 411 g/mol. The smallest absolute Gasteiger partial charge is 0.190 e. The van der Waals surface area contributed by atoms with E-state index in [1.165, 1.54) is 0 Å². The third-order valence-electron chi connectivity index (χ3n) is 4.79. The first-order valence-corrected chi connectivity index (χ1v) is 10.7. The van der Waals surface area contributed by atoms with Gasteiger partial charge in [-0.3, -0.25) is 0 Å². The van der Waals surface area contributed by atoms with Crippen molar-refractivity contribution < 1.29 is 4.42 Å². The van der Waals surface area contributed by atoms with Crippen LogP contribution in [0.15, 0.2) is 63.3 Å². The van der Waals surface area contributed by atoms with E-state index in [0.717, 1.165) is 56.5 Å². The van der Waals surface area contributed by atoms with Crippen LogP contribution in [-0.2, 0) is 6.54 Å². The predicted molar refractivity (Wildman–Crippen MR) is 118 cm³/mol. The van der Waals surface area contributed by atoms with Crippen LogP contribution in [0, 0.1) is 12.8 Å². The molecule has 0 spiro atoms. The summed E-state index contributed by atoms with van der Waals surface area (Å²) in [4.78, 5) is 5.83. The summed E-state index contributed by atoms with van der Waals surface area (Å²) in [5, 5.41) is 3.99. The Morgan fingerprint density at radius 1 is 1.14 bits per heavy atom. The van der Waals surface area contributed by atoms with Gasteiger partial charge in [-0.05, 0) is 49.1 Å². The summed E-state index contributed by atoms with van der Waals surface area (Å²) in [6.45, 7) is 7.38. The van der Waals surface area contributed by atoms with Gasteiger partial charge in [0.25, 0.3) is 0 Å². The highest BCUT2D eigenvalue weighted by Gasteiger charge is 2.13. The van der Waals surface area contributed by atoms with Crippen LogP contribution < -0.4 is 4.80 Å². The summed E-state index contributed by atoms with van der Waals surface area (Å²) >= 11 is 7.92. The van der Waals surface area contributed by atoms with E-state index in [1.54, 1.807) is 11.3 Å². The molecule has 0 aliphatic carbocycles. The summed E-state index contributed by atoms with van der Waals surface area (Å²) in [7, 11) is 0. The summed E-state index contributed by atoms with van der Waals surface area (Å²) in [5.74, 6) is 1.49. The van der Waals surface area contributed by atoms with Gasteiger partial charge in [0.2, 0.25) is 0 Å². The van der Waals surface area contributed by atoms with Crippen molar-refractivity contribution in [2.24, 2.45) is 10.9 Å². The van der Waals surface area contributed by atoms with Gasteiger partial charge in [0, 0.05) is 22.3 Å². The molecule has 0 atom stereocenters. The van der Waals surface area contributed by atoms with Gasteiger partial charge in [0.05, 0.1) is 11.4 Å². The van der Waals surface area contributed by atoms with Crippen molar-refractivity contribution >= 4 is 39.6 Å². The molecule has 0 radical (unpaired) electrons. The molecule has 0 amide bonds. The lowest BCUT2D eigenvalue weighted by atomic mass is 10.1. The SMILES string of the molecule is Cc1ccc(N=c2scc(-c3cc4ccccc4o3)n2CCC(C)C)cc1Cl. The number of para-hydroxylation sites is 1. The van der Waals surface area contributed by atoms with Crippen molar-refractivity contribution in [3.05, 3.63) is 69.3 Å². The predicted octanol–water partition coefficient (Wildman–Crippen LogP) is 7.20. The van der Waals surface area contributed by atoms with E-state index in [9.17, 15) is 0 Å². The Morgan fingerprint density at radius 2 is 1.96 bits per heavy atom. The molecule has 4 rings (SSSR count). The van der Waals surface area contributed by atoms with E-state index in [0.29, 0.717) is 5.92 Å².